The second-order valence-corrected chi connectivity index (χ2v) is 10.4. The fourth-order valence-electron chi connectivity index (χ4n) is 4.24. The average Bonchev–Trinajstić information content (AvgIpc) is 3.12. The number of rotatable bonds is 9. The highest BCUT2D eigenvalue weighted by atomic mass is 35.5. The first-order chi connectivity index (χ1) is 16.8. The molecule has 0 spiro atoms. The molecule has 1 heterocycles. The Kier molecular flexibility index (Phi) is 7.53. The predicted molar refractivity (Wildman–Crippen MR) is 132 cm³/mol. The molecular weight excluding hydrogens is 491 g/mol. The molecule has 4 N–H and O–H groups in total. The van der Waals surface area contributed by atoms with E-state index in [9.17, 15) is 17.6 Å². The van der Waals surface area contributed by atoms with Crippen molar-refractivity contribution in [1.29, 1.82) is 0 Å². The lowest BCUT2D eigenvalue weighted by Gasteiger charge is -2.28. The number of carbonyl (C=O) groups excluding carboxylic acids is 1. The van der Waals surface area contributed by atoms with E-state index in [1.54, 1.807) is 4.90 Å². The van der Waals surface area contributed by atoms with Crippen LogP contribution in [0.4, 0.5) is 4.39 Å². The van der Waals surface area contributed by atoms with Gasteiger partial charge in [-0.1, -0.05) is 72.3 Å². The van der Waals surface area contributed by atoms with Crippen LogP contribution in [0.2, 0.25) is 5.02 Å². The van der Waals surface area contributed by atoms with E-state index in [2.05, 4.69) is 10.0 Å². The Bertz CT molecular complexity index is 1250. The largest absolute Gasteiger partial charge is 0.312 e. The quantitative estimate of drug-likeness (QED) is 0.379. The molecule has 1 atom stereocenters. The molecule has 1 amide bonds. The zero-order valence-electron chi connectivity index (χ0n) is 18.8. The van der Waals surface area contributed by atoms with Crippen LogP contribution in [0.5, 0.6) is 0 Å². The number of nitrogens with two attached hydrogens (primary N) is 1. The number of carbonyl (C=O) groups is 1. The number of benzene rings is 3. The summed E-state index contributed by atoms with van der Waals surface area (Å²) in [5.41, 5.74) is 6.82. The zero-order valence-corrected chi connectivity index (χ0v) is 20.4. The Morgan fingerprint density at radius 1 is 1.00 bits per heavy atom. The van der Waals surface area contributed by atoms with E-state index in [1.165, 1.54) is 0 Å². The second kappa shape index (κ2) is 10.4. The first-order valence-electron chi connectivity index (χ1n) is 11.2. The third kappa shape index (κ3) is 5.10. The van der Waals surface area contributed by atoms with Crippen molar-refractivity contribution in [1.82, 2.24) is 14.9 Å². The molecule has 3 aromatic carbocycles. The molecule has 7 nitrogen and oxygen atoms in total. The molecule has 3 aromatic rings. The summed E-state index contributed by atoms with van der Waals surface area (Å²) in [5.74, 6) is -0.850. The van der Waals surface area contributed by atoms with E-state index in [0.717, 1.165) is 29.3 Å². The maximum Gasteiger partial charge on any atom is 0.254 e. The molecule has 4 rings (SSSR count). The summed E-state index contributed by atoms with van der Waals surface area (Å²) in [5, 5.41) is 3.03. The topological polar surface area (TPSA) is 105 Å². The fraction of sp³-hybridized carbons (Fsp3) is 0.240. The van der Waals surface area contributed by atoms with Gasteiger partial charge in [0.05, 0.1) is 9.92 Å². The van der Waals surface area contributed by atoms with Gasteiger partial charge < -0.3 is 4.90 Å². The highest BCUT2D eigenvalue weighted by Crippen LogP contribution is 2.36. The van der Waals surface area contributed by atoms with Crippen LogP contribution >= 0.6 is 11.6 Å². The van der Waals surface area contributed by atoms with E-state index in [1.807, 2.05) is 60.7 Å². The van der Waals surface area contributed by atoms with E-state index in [-0.39, 0.29) is 22.4 Å². The Balaban J connectivity index is 1.41. The van der Waals surface area contributed by atoms with E-state index in [4.69, 9.17) is 17.3 Å². The van der Waals surface area contributed by atoms with Crippen molar-refractivity contribution < 1.29 is 17.6 Å². The number of hydrogen-bond acceptors (Lipinski definition) is 5. The molecule has 35 heavy (non-hydrogen) atoms. The minimum absolute atomic E-state index is 0.111. The Labute approximate surface area is 209 Å². The molecule has 0 radical (unpaired) electrons. The lowest BCUT2D eigenvalue weighted by atomic mass is 9.82. The number of amides is 1. The number of unbranched alkanes of at least 4 members (excludes halogenated alkanes) is 1. The van der Waals surface area contributed by atoms with Gasteiger partial charge in [0.15, 0.2) is 5.54 Å². The molecule has 0 aromatic heterocycles. The summed E-state index contributed by atoms with van der Waals surface area (Å²) in [6, 6.07) is 22.1. The van der Waals surface area contributed by atoms with Crippen LogP contribution in [0.25, 0.3) is 0 Å². The molecule has 1 aliphatic heterocycles. The summed E-state index contributed by atoms with van der Waals surface area (Å²) in [6.45, 7) is 0.489. The van der Waals surface area contributed by atoms with Crippen LogP contribution < -0.4 is 15.8 Å². The van der Waals surface area contributed by atoms with Crippen molar-refractivity contribution in [3.05, 3.63) is 101 Å². The van der Waals surface area contributed by atoms with E-state index >= 15 is 0 Å². The van der Waals surface area contributed by atoms with Gasteiger partial charge in [0.2, 0.25) is 10.0 Å². The highest BCUT2D eigenvalue weighted by Gasteiger charge is 2.52. The lowest BCUT2D eigenvalue weighted by molar-refractivity contribution is -0.132. The number of sulfonamides is 1. The molecule has 184 valence electrons. The highest BCUT2D eigenvalue weighted by molar-refractivity contribution is 7.89. The van der Waals surface area contributed by atoms with Crippen molar-refractivity contribution in [3.63, 3.8) is 0 Å². The molecule has 10 heteroatoms. The Hall–Kier alpha value is -2.82. The van der Waals surface area contributed by atoms with Crippen molar-refractivity contribution in [2.24, 2.45) is 5.73 Å². The standard InChI is InChI=1S/C25H26ClFN4O3S/c26-21-17-20(13-14-22(21)27)35(33,34)29-15-7-8-16-31-23(32)25(30-24(31)28,18-9-3-1-4-10-18)19-11-5-2-6-12-19/h1-6,9-14,17,24,29-30H,7-8,15-16,28H2. The van der Waals surface area contributed by atoms with Gasteiger partial charge in [-0.05, 0) is 42.2 Å². The SMILES string of the molecule is NC1NC(c2ccccc2)(c2ccccc2)C(=O)N1CCCCNS(=O)(=O)c1ccc(F)c(Cl)c1. The second-order valence-electron chi connectivity index (χ2n) is 8.25. The molecule has 0 aliphatic carbocycles. The van der Waals surface area contributed by atoms with Gasteiger partial charge in [-0.15, -0.1) is 0 Å². The summed E-state index contributed by atoms with van der Waals surface area (Å²) in [4.78, 5) is 15.2. The average molecular weight is 517 g/mol. The molecule has 1 fully saturated rings. The van der Waals surface area contributed by atoms with Crippen LogP contribution in [0.1, 0.15) is 24.0 Å². The maximum atomic E-state index is 13.7. The minimum atomic E-state index is -3.83. The minimum Gasteiger partial charge on any atom is -0.312 e. The molecular formula is C25H26ClFN4O3S. The smallest absolute Gasteiger partial charge is 0.254 e. The van der Waals surface area contributed by atoms with Gasteiger partial charge in [-0.3, -0.25) is 15.8 Å². The van der Waals surface area contributed by atoms with Crippen LogP contribution in [-0.2, 0) is 20.4 Å². The number of nitrogens with zero attached hydrogens (tertiary/aromatic N) is 1. The summed E-state index contributed by atoms with van der Waals surface area (Å²) in [6.07, 6.45) is 0.280. The number of hydrogen-bond donors (Lipinski definition) is 3. The monoisotopic (exact) mass is 516 g/mol. The zero-order chi connectivity index (χ0) is 25.1. The van der Waals surface area contributed by atoms with Crippen LogP contribution in [-0.4, -0.2) is 38.6 Å². The summed E-state index contributed by atoms with van der Waals surface area (Å²) < 4.78 is 40.7. The number of nitrogens with one attached hydrogen (secondary N) is 2. The molecule has 1 aliphatic rings. The van der Waals surface area contributed by atoms with Gasteiger partial charge in [-0.2, -0.15) is 0 Å². The molecule has 1 unspecified atom stereocenters. The van der Waals surface area contributed by atoms with Gasteiger partial charge in [-0.25, -0.2) is 17.5 Å². The fourth-order valence-corrected chi connectivity index (χ4v) is 5.59. The predicted octanol–water partition coefficient (Wildman–Crippen LogP) is 3.16. The van der Waals surface area contributed by atoms with Crippen molar-refractivity contribution >= 4 is 27.5 Å². The maximum absolute atomic E-state index is 13.7. The Morgan fingerprint density at radius 2 is 1.60 bits per heavy atom. The third-order valence-electron chi connectivity index (χ3n) is 6.01. The van der Waals surface area contributed by atoms with Crippen LogP contribution in [0.15, 0.2) is 83.8 Å². The van der Waals surface area contributed by atoms with Crippen molar-refractivity contribution in [2.75, 3.05) is 13.1 Å². The summed E-state index contributed by atoms with van der Waals surface area (Å²) in [7, 11) is -3.83. The van der Waals surface area contributed by atoms with Crippen LogP contribution in [0.3, 0.4) is 0 Å². The first kappa shape index (κ1) is 25.3. The Morgan fingerprint density at radius 3 is 2.17 bits per heavy atom. The van der Waals surface area contributed by atoms with Gasteiger partial charge in [0.25, 0.3) is 5.91 Å². The molecule has 0 saturated carbocycles. The van der Waals surface area contributed by atoms with Crippen molar-refractivity contribution in [3.8, 4) is 0 Å². The summed E-state index contributed by atoms with van der Waals surface area (Å²) >= 11 is 5.69. The molecule has 0 bridgehead atoms. The van der Waals surface area contributed by atoms with Crippen LogP contribution in [0, 0.1) is 5.82 Å². The van der Waals surface area contributed by atoms with Gasteiger partial charge in [0, 0.05) is 13.1 Å². The first-order valence-corrected chi connectivity index (χ1v) is 13.0. The van der Waals surface area contributed by atoms with E-state index < -0.39 is 27.7 Å². The van der Waals surface area contributed by atoms with Gasteiger partial charge in [0.1, 0.15) is 12.1 Å². The lowest BCUT2D eigenvalue weighted by Crippen LogP contribution is -2.48. The third-order valence-corrected chi connectivity index (χ3v) is 7.76. The van der Waals surface area contributed by atoms with Crippen molar-refractivity contribution in [2.45, 2.75) is 29.6 Å². The molecule has 1 saturated heterocycles. The van der Waals surface area contributed by atoms with Gasteiger partial charge >= 0.3 is 0 Å². The van der Waals surface area contributed by atoms with E-state index in [0.29, 0.717) is 19.4 Å². The number of halogens is 2. The normalized spacial score (nSPS) is 17.6.